The molecule has 0 spiro atoms. The molecular formula is C12H15ClN2O3. The lowest BCUT2D eigenvalue weighted by Crippen LogP contribution is -2.49. The first-order valence-electron chi connectivity index (χ1n) is 5.37. The number of pyridine rings is 1. The summed E-state index contributed by atoms with van der Waals surface area (Å²) in [6, 6.07) is 2.00. The average Bonchev–Trinajstić information content (AvgIpc) is 2.24. The van der Waals surface area contributed by atoms with Crippen molar-refractivity contribution in [1.29, 1.82) is 0 Å². The number of carboxylic acid groups (broad SMARTS) is 1. The largest absolute Gasteiger partial charge is 0.480 e. The number of aliphatic carboxylic acids is 1. The minimum absolute atomic E-state index is 0.273. The minimum atomic E-state index is -1.07. The van der Waals surface area contributed by atoms with Gasteiger partial charge in [-0.15, -0.1) is 0 Å². The third-order valence-electron chi connectivity index (χ3n) is 2.38. The SMILES string of the molecule is CC(C)(C)[C@H](NC(=O)c1ccc(Cl)nc1)C(=O)O. The third-order valence-corrected chi connectivity index (χ3v) is 2.60. The van der Waals surface area contributed by atoms with Crippen LogP contribution < -0.4 is 5.32 Å². The summed E-state index contributed by atoms with van der Waals surface area (Å²) in [4.78, 5) is 26.7. The van der Waals surface area contributed by atoms with Gasteiger partial charge in [-0.25, -0.2) is 9.78 Å². The smallest absolute Gasteiger partial charge is 0.326 e. The molecule has 2 N–H and O–H groups in total. The molecule has 98 valence electrons. The van der Waals surface area contributed by atoms with Gasteiger partial charge in [0.25, 0.3) is 5.91 Å². The number of aromatic nitrogens is 1. The van der Waals surface area contributed by atoms with Crippen LogP contribution in [0.15, 0.2) is 18.3 Å². The van der Waals surface area contributed by atoms with Crippen LogP contribution in [0.5, 0.6) is 0 Å². The van der Waals surface area contributed by atoms with Crippen LogP contribution in [-0.2, 0) is 4.79 Å². The maximum Gasteiger partial charge on any atom is 0.326 e. The molecule has 1 atom stereocenters. The van der Waals surface area contributed by atoms with E-state index >= 15 is 0 Å². The fourth-order valence-electron chi connectivity index (χ4n) is 1.37. The van der Waals surface area contributed by atoms with Crippen molar-refractivity contribution < 1.29 is 14.7 Å². The number of carboxylic acids is 1. The second-order valence-electron chi connectivity index (χ2n) is 4.98. The maximum atomic E-state index is 11.9. The van der Waals surface area contributed by atoms with E-state index in [1.54, 1.807) is 20.8 Å². The Morgan fingerprint density at radius 2 is 2.00 bits per heavy atom. The molecule has 1 amide bonds. The first-order valence-corrected chi connectivity index (χ1v) is 5.75. The molecule has 18 heavy (non-hydrogen) atoms. The Bertz CT molecular complexity index is 451. The standard InChI is InChI=1S/C12H15ClN2O3/c1-12(2,3)9(11(17)18)15-10(16)7-4-5-8(13)14-6-7/h4-6,9H,1-3H3,(H,15,16)(H,17,18)/t9-/m1/s1. The molecule has 0 saturated carbocycles. The van der Waals surface area contributed by atoms with Crippen LogP contribution in [0.3, 0.4) is 0 Å². The molecule has 0 aliphatic rings. The molecular weight excluding hydrogens is 256 g/mol. The summed E-state index contributed by atoms with van der Waals surface area (Å²) in [5.74, 6) is -1.56. The van der Waals surface area contributed by atoms with E-state index in [1.807, 2.05) is 0 Å². The molecule has 1 rings (SSSR count). The van der Waals surface area contributed by atoms with Crippen LogP contribution >= 0.6 is 11.6 Å². The number of hydrogen-bond acceptors (Lipinski definition) is 3. The molecule has 6 heteroatoms. The molecule has 0 bridgehead atoms. The second kappa shape index (κ2) is 5.35. The summed E-state index contributed by atoms with van der Waals surface area (Å²) >= 11 is 5.61. The van der Waals surface area contributed by atoms with Crippen molar-refractivity contribution >= 4 is 23.5 Å². The minimum Gasteiger partial charge on any atom is -0.480 e. The maximum absolute atomic E-state index is 11.9. The summed E-state index contributed by atoms with van der Waals surface area (Å²) < 4.78 is 0. The van der Waals surface area contributed by atoms with Crippen LogP contribution in [0.4, 0.5) is 0 Å². The van der Waals surface area contributed by atoms with Crippen molar-refractivity contribution in [3.05, 3.63) is 29.0 Å². The monoisotopic (exact) mass is 270 g/mol. The number of rotatable bonds is 3. The van der Waals surface area contributed by atoms with Crippen LogP contribution in [0.2, 0.25) is 5.15 Å². The van der Waals surface area contributed by atoms with Gasteiger partial charge < -0.3 is 10.4 Å². The topological polar surface area (TPSA) is 79.3 Å². The van der Waals surface area contributed by atoms with Crippen molar-refractivity contribution in [3.8, 4) is 0 Å². The van der Waals surface area contributed by atoms with E-state index in [2.05, 4.69) is 10.3 Å². The molecule has 1 aromatic heterocycles. The zero-order valence-corrected chi connectivity index (χ0v) is 11.2. The van der Waals surface area contributed by atoms with Gasteiger partial charge >= 0.3 is 5.97 Å². The van der Waals surface area contributed by atoms with E-state index in [9.17, 15) is 9.59 Å². The van der Waals surface area contributed by atoms with Gasteiger partial charge in [-0.1, -0.05) is 32.4 Å². The fourth-order valence-corrected chi connectivity index (χ4v) is 1.49. The van der Waals surface area contributed by atoms with E-state index in [-0.39, 0.29) is 10.7 Å². The van der Waals surface area contributed by atoms with Crippen molar-refractivity contribution in [2.75, 3.05) is 0 Å². The molecule has 5 nitrogen and oxygen atoms in total. The number of halogens is 1. The van der Waals surface area contributed by atoms with E-state index < -0.39 is 23.3 Å². The lowest BCUT2D eigenvalue weighted by molar-refractivity contribution is -0.142. The lowest BCUT2D eigenvalue weighted by Gasteiger charge is -2.27. The Morgan fingerprint density at radius 3 is 2.39 bits per heavy atom. The fraction of sp³-hybridized carbons (Fsp3) is 0.417. The first kappa shape index (κ1) is 14.4. The summed E-state index contributed by atoms with van der Waals surface area (Å²) in [7, 11) is 0. The van der Waals surface area contributed by atoms with E-state index in [4.69, 9.17) is 16.7 Å². The molecule has 1 heterocycles. The number of nitrogens with one attached hydrogen (secondary N) is 1. The summed E-state index contributed by atoms with van der Waals surface area (Å²) in [5.41, 5.74) is -0.309. The summed E-state index contributed by atoms with van der Waals surface area (Å²) in [5, 5.41) is 11.8. The van der Waals surface area contributed by atoms with Gasteiger partial charge in [0.05, 0.1) is 5.56 Å². The Balaban J connectivity index is 2.86. The highest BCUT2D eigenvalue weighted by Crippen LogP contribution is 2.20. The van der Waals surface area contributed by atoms with Crippen LogP contribution in [0.1, 0.15) is 31.1 Å². The predicted octanol–water partition coefficient (Wildman–Crippen LogP) is 1.96. The zero-order valence-electron chi connectivity index (χ0n) is 10.4. The molecule has 0 saturated heterocycles. The van der Waals surface area contributed by atoms with Crippen LogP contribution in [0.25, 0.3) is 0 Å². The summed E-state index contributed by atoms with van der Waals surface area (Å²) in [6.07, 6.45) is 1.30. The van der Waals surface area contributed by atoms with E-state index in [0.717, 1.165) is 0 Å². The lowest BCUT2D eigenvalue weighted by atomic mass is 9.86. The normalized spacial score (nSPS) is 12.9. The van der Waals surface area contributed by atoms with Crippen LogP contribution in [-0.4, -0.2) is 28.0 Å². The highest BCUT2D eigenvalue weighted by atomic mass is 35.5. The molecule has 1 aromatic rings. The van der Waals surface area contributed by atoms with Gasteiger partial charge in [0, 0.05) is 6.20 Å². The van der Waals surface area contributed by atoms with Gasteiger partial charge in [-0.05, 0) is 17.5 Å². The van der Waals surface area contributed by atoms with Crippen molar-refractivity contribution in [2.24, 2.45) is 5.41 Å². The molecule has 0 aliphatic carbocycles. The van der Waals surface area contributed by atoms with Gasteiger partial charge in [0.1, 0.15) is 11.2 Å². The number of carbonyl (C=O) groups is 2. The van der Waals surface area contributed by atoms with Crippen LogP contribution in [0, 0.1) is 5.41 Å². The third kappa shape index (κ3) is 3.70. The van der Waals surface area contributed by atoms with E-state index in [0.29, 0.717) is 0 Å². The van der Waals surface area contributed by atoms with Crippen molar-refractivity contribution in [2.45, 2.75) is 26.8 Å². The van der Waals surface area contributed by atoms with Crippen molar-refractivity contribution in [1.82, 2.24) is 10.3 Å². The second-order valence-corrected chi connectivity index (χ2v) is 5.37. The highest BCUT2D eigenvalue weighted by molar-refractivity contribution is 6.29. The Morgan fingerprint density at radius 1 is 1.39 bits per heavy atom. The quantitative estimate of drug-likeness (QED) is 0.823. The number of hydrogen-bond donors (Lipinski definition) is 2. The highest BCUT2D eigenvalue weighted by Gasteiger charge is 2.32. The molecule has 0 aromatic carbocycles. The zero-order chi connectivity index (χ0) is 13.9. The Kier molecular flexibility index (Phi) is 4.29. The van der Waals surface area contributed by atoms with Crippen molar-refractivity contribution in [3.63, 3.8) is 0 Å². The molecule has 0 aliphatic heterocycles. The Hall–Kier alpha value is -1.62. The molecule has 0 radical (unpaired) electrons. The number of carbonyl (C=O) groups excluding carboxylic acids is 1. The first-order chi connectivity index (χ1) is 8.21. The summed E-state index contributed by atoms with van der Waals surface area (Å²) in [6.45, 7) is 5.23. The predicted molar refractivity (Wildman–Crippen MR) is 67.6 cm³/mol. The molecule has 0 fully saturated rings. The van der Waals surface area contributed by atoms with Gasteiger partial charge in [-0.3, -0.25) is 4.79 Å². The van der Waals surface area contributed by atoms with Gasteiger partial charge in [0.2, 0.25) is 0 Å². The number of amides is 1. The Labute approximate surface area is 110 Å². The van der Waals surface area contributed by atoms with Gasteiger partial charge in [0.15, 0.2) is 0 Å². The number of nitrogens with zero attached hydrogens (tertiary/aromatic N) is 1. The van der Waals surface area contributed by atoms with E-state index in [1.165, 1.54) is 18.3 Å². The molecule has 0 unspecified atom stereocenters. The average molecular weight is 271 g/mol. The van der Waals surface area contributed by atoms with Gasteiger partial charge in [-0.2, -0.15) is 0 Å².